The summed E-state index contributed by atoms with van der Waals surface area (Å²) in [4.78, 5) is 10.7. The number of hydrogen-bond donors (Lipinski definition) is 0. The van der Waals surface area contributed by atoms with Crippen molar-refractivity contribution >= 4 is 32.7 Å². The highest BCUT2D eigenvalue weighted by Gasteiger charge is 2.22. The number of aromatic nitrogens is 2. The fraction of sp³-hybridized carbons (Fsp3) is 0.263. The van der Waals surface area contributed by atoms with Gasteiger partial charge in [0, 0.05) is 42.8 Å². The van der Waals surface area contributed by atoms with Crippen molar-refractivity contribution in [2.45, 2.75) is 19.1 Å². The first-order valence-corrected chi connectivity index (χ1v) is 9.32. The summed E-state index contributed by atoms with van der Waals surface area (Å²) in [6, 6.07) is 9.60. The average Bonchev–Trinajstić information content (AvgIpc) is 3.34. The number of likely N-dealkylation sites (tertiary alicyclic amines) is 1. The van der Waals surface area contributed by atoms with Crippen LogP contribution in [0.1, 0.15) is 12.0 Å². The molecule has 1 aliphatic rings. The van der Waals surface area contributed by atoms with Gasteiger partial charge < -0.3 is 9.15 Å². The Kier molecular flexibility index (Phi) is 3.83. The van der Waals surface area contributed by atoms with Crippen molar-refractivity contribution in [2.24, 2.45) is 0 Å². The Balaban J connectivity index is 1.38. The molecular weight excluding hydrogens is 353 g/mol. The summed E-state index contributed by atoms with van der Waals surface area (Å²) < 4.78 is 25.9. The molecule has 1 unspecified atom stereocenters. The minimum absolute atomic E-state index is 0.500. The predicted octanol–water partition coefficient (Wildman–Crippen LogP) is 4.77. The van der Waals surface area contributed by atoms with Gasteiger partial charge in [-0.25, -0.2) is 9.37 Å². The highest BCUT2D eigenvalue weighted by atomic mass is 32.1. The maximum atomic E-state index is 13.4. The van der Waals surface area contributed by atoms with E-state index >= 15 is 0 Å². The molecular formula is C19H16FN3O2S. The molecule has 0 aliphatic carbocycles. The molecule has 1 atom stereocenters. The van der Waals surface area contributed by atoms with Gasteiger partial charge in [-0.1, -0.05) is 11.3 Å². The summed E-state index contributed by atoms with van der Waals surface area (Å²) >= 11 is 1.46. The Bertz CT molecular complexity index is 1040. The molecule has 0 bridgehead atoms. The van der Waals surface area contributed by atoms with E-state index in [9.17, 15) is 4.39 Å². The van der Waals surface area contributed by atoms with Gasteiger partial charge in [0.25, 0.3) is 5.19 Å². The van der Waals surface area contributed by atoms with Gasteiger partial charge in [-0.3, -0.25) is 4.90 Å². The first-order chi connectivity index (χ1) is 12.7. The second-order valence-corrected chi connectivity index (χ2v) is 7.44. The van der Waals surface area contributed by atoms with Crippen LogP contribution in [0.5, 0.6) is 10.9 Å². The van der Waals surface area contributed by atoms with Crippen LogP contribution in [0.3, 0.4) is 0 Å². The van der Waals surface area contributed by atoms with Gasteiger partial charge in [0.15, 0.2) is 5.65 Å². The van der Waals surface area contributed by atoms with Crippen LogP contribution in [-0.2, 0) is 6.54 Å². The van der Waals surface area contributed by atoms with Crippen LogP contribution in [-0.4, -0.2) is 34.1 Å². The average molecular weight is 369 g/mol. The van der Waals surface area contributed by atoms with Crippen molar-refractivity contribution in [1.82, 2.24) is 14.9 Å². The largest absolute Gasteiger partial charge is 0.464 e. The van der Waals surface area contributed by atoms with Gasteiger partial charge in [-0.05, 0) is 30.7 Å². The van der Waals surface area contributed by atoms with Crippen molar-refractivity contribution in [3.05, 3.63) is 48.4 Å². The number of alkyl halides is 1. The van der Waals surface area contributed by atoms with E-state index in [0.717, 1.165) is 27.8 Å². The Labute approximate surface area is 153 Å². The maximum Gasteiger partial charge on any atom is 0.281 e. The molecule has 132 valence electrons. The second kappa shape index (κ2) is 6.34. The fourth-order valence-corrected chi connectivity index (χ4v) is 4.11. The molecule has 4 heterocycles. The Hall–Kier alpha value is -2.51. The molecule has 5 rings (SSSR count). The Morgan fingerprint density at radius 1 is 1.35 bits per heavy atom. The third-order valence-electron chi connectivity index (χ3n) is 4.59. The fourth-order valence-electron chi connectivity index (χ4n) is 3.31. The summed E-state index contributed by atoms with van der Waals surface area (Å²) in [6.07, 6.45) is 3.37. The Morgan fingerprint density at radius 3 is 3.15 bits per heavy atom. The number of thiazole rings is 1. The van der Waals surface area contributed by atoms with Crippen LogP contribution >= 0.6 is 11.3 Å². The summed E-state index contributed by atoms with van der Waals surface area (Å²) in [7, 11) is 0. The van der Waals surface area contributed by atoms with Crippen LogP contribution in [0, 0.1) is 0 Å². The molecule has 0 saturated carbocycles. The van der Waals surface area contributed by atoms with E-state index in [-0.39, 0.29) is 0 Å². The molecule has 26 heavy (non-hydrogen) atoms. The van der Waals surface area contributed by atoms with E-state index in [4.69, 9.17) is 9.15 Å². The van der Waals surface area contributed by atoms with E-state index in [1.807, 2.05) is 30.3 Å². The number of hydrogen-bond acceptors (Lipinski definition) is 6. The lowest BCUT2D eigenvalue weighted by Gasteiger charge is -2.13. The molecule has 4 aromatic rings. The number of rotatable bonds is 4. The Morgan fingerprint density at radius 2 is 2.31 bits per heavy atom. The number of fused-ring (bicyclic) bond motifs is 2. The first-order valence-electron chi connectivity index (χ1n) is 8.50. The van der Waals surface area contributed by atoms with Crippen molar-refractivity contribution in [2.75, 3.05) is 13.1 Å². The third kappa shape index (κ3) is 2.93. The zero-order valence-corrected chi connectivity index (χ0v) is 14.7. The maximum absolute atomic E-state index is 13.4. The summed E-state index contributed by atoms with van der Waals surface area (Å²) in [5.41, 5.74) is 2.52. The molecule has 3 aromatic heterocycles. The van der Waals surface area contributed by atoms with Crippen molar-refractivity contribution < 1.29 is 13.5 Å². The SMILES string of the molecule is FC1CCN(Cc2coc3cc(Oc4nc5ncccc5s4)ccc23)C1. The molecule has 5 nitrogen and oxygen atoms in total. The zero-order valence-electron chi connectivity index (χ0n) is 13.9. The van der Waals surface area contributed by atoms with E-state index in [1.165, 1.54) is 11.3 Å². The van der Waals surface area contributed by atoms with Crippen molar-refractivity contribution in [3.8, 4) is 10.9 Å². The number of pyridine rings is 1. The molecule has 0 spiro atoms. The molecule has 0 amide bonds. The van der Waals surface area contributed by atoms with Gasteiger partial charge in [0.2, 0.25) is 0 Å². The lowest BCUT2D eigenvalue weighted by atomic mass is 10.1. The zero-order chi connectivity index (χ0) is 17.5. The molecule has 1 fully saturated rings. The minimum atomic E-state index is -0.712. The van der Waals surface area contributed by atoms with Gasteiger partial charge in [-0.2, -0.15) is 4.98 Å². The molecule has 7 heteroatoms. The van der Waals surface area contributed by atoms with Crippen LogP contribution in [0.15, 0.2) is 47.2 Å². The van der Waals surface area contributed by atoms with E-state index in [0.29, 0.717) is 36.1 Å². The number of benzene rings is 1. The highest BCUT2D eigenvalue weighted by Crippen LogP contribution is 2.33. The van der Waals surface area contributed by atoms with E-state index < -0.39 is 6.17 Å². The molecule has 1 aliphatic heterocycles. The monoisotopic (exact) mass is 369 g/mol. The summed E-state index contributed by atoms with van der Waals surface area (Å²) in [5, 5.41) is 1.58. The van der Waals surface area contributed by atoms with Gasteiger partial charge in [-0.15, -0.1) is 0 Å². The van der Waals surface area contributed by atoms with Gasteiger partial charge in [0.1, 0.15) is 17.5 Å². The normalized spacial score (nSPS) is 18.1. The topological polar surface area (TPSA) is 51.4 Å². The van der Waals surface area contributed by atoms with E-state index in [2.05, 4.69) is 14.9 Å². The number of furan rings is 1. The van der Waals surface area contributed by atoms with Crippen LogP contribution < -0.4 is 4.74 Å². The van der Waals surface area contributed by atoms with Crippen LogP contribution in [0.25, 0.3) is 21.3 Å². The predicted molar refractivity (Wildman–Crippen MR) is 98.5 cm³/mol. The number of nitrogens with zero attached hydrogens (tertiary/aromatic N) is 3. The second-order valence-electron chi connectivity index (χ2n) is 6.45. The molecule has 1 saturated heterocycles. The smallest absolute Gasteiger partial charge is 0.281 e. The lowest BCUT2D eigenvalue weighted by molar-refractivity contribution is 0.282. The lowest BCUT2D eigenvalue weighted by Crippen LogP contribution is -2.20. The van der Waals surface area contributed by atoms with Crippen molar-refractivity contribution in [3.63, 3.8) is 0 Å². The quantitative estimate of drug-likeness (QED) is 0.518. The van der Waals surface area contributed by atoms with Crippen LogP contribution in [0.4, 0.5) is 4.39 Å². The summed E-state index contributed by atoms with van der Waals surface area (Å²) in [5.74, 6) is 0.669. The van der Waals surface area contributed by atoms with Gasteiger partial charge in [0.05, 0.1) is 11.0 Å². The number of ether oxygens (including phenoxy) is 1. The summed E-state index contributed by atoms with van der Waals surface area (Å²) in [6.45, 7) is 2.00. The minimum Gasteiger partial charge on any atom is -0.464 e. The van der Waals surface area contributed by atoms with E-state index in [1.54, 1.807) is 12.5 Å². The standard InChI is InChI=1S/C19H16FN3O2S/c20-13-5-7-23(10-13)9-12-11-24-16-8-14(3-4-15(12)16)25-19-22-18-17(26-19)2-1-6-21-18/h1-4,6,8,11,13H,5,7,9-10H2. The third-order valence-corrected chi connectivity index (χ3v) is 5.47. The first kappa shape index (κ1) is 15.7. The molecule has 0 N–H and O–H groups in total. The van der Waals surface area contributed by atoms with Gasteiger partial charge >= 0.3 is 0 Å². The number of halogens is 1. The van der Waals surface area contributed by atoms with Crippen LogP contribution in [0.2, 0.25) is 0 Å². The van der Waals surface area contributed by atoms with Crippen molar-refractivity contribution in [1.29, 1.82) is 0 Å². The molecule has 0 radical (unpaired) electrons. The highest BCUT2D eigenvalue weighted by molar-refractivity contribution is 7.20. The molecule has 1 aromatic carbocycles.